The predicted molar refractivity (Wildman–Crippen MR) is 67.4 cm³/mol. The van der Waals surface area contributed by atoms with Gasteiger partial charge in [0.15, 0.2) is 5.41 Å². The molecule has 2 nitrogen and oxygen atoms in total. The lowest BCUT2D eigenvalue weighted by Gasteiger charge is -2.32. The molecule has 0 bridgehead atoms. The summed E-state index contributed by atoms with van der Waals surface area (Å²) in [4.78, 5) is 11.5. The number of hydrogen-bond donors (Lipinski definition) is 1. The Labute approximate surface area is 101 Å². The summed E-state index contributed by atoms with van der Waals surface area (Å²) in [5, 5.41) is 9.46. The van der Waals surface area contributed by atoms with Gasteiger partial charge in [-0.15, -0.1) is 5.92 Å². The molecule has 0 amide bonds. The number of hydrogen-bond acceptors (Lipinski definition) is 1. The largest absolute Gasteiger partial charge is 0.480 e. The molecule has 1 N–H and O–H groups in total. The molecule has 2 unspecified atom stereocenters. The summed E-state index contributed by atoms with van der Waals surface area (Å²) in [7, 11) is 0. The Morgan fingerprint density at radius 1 is 1.41 bits per heavy atom. The zero-order valence-corrected chi connectivity index (χ0v) is 9.90. The predicted octanol–water partition coefficient (Wildman–Crippen LogP) is 2.91. The molecule has 1 aliphatic carbocycles. The third-order valence-corrected chi connectivity index (χ3v) is 3.36. The van der Waals surface area contributed by atoms with Crippen molar-refractivity contribution in [1.82, 2.24) is 0 Å². The SMILES string of the molecule is CC#CC1(C(=O)O)C=Cc2ccccc2C1C. The zero-order valence-electron chi connectivity index (χ0n) is 9.90. The van der Waals surface area contributed by atoms with Gasteiger partial charge in [-0.3, -0.25) is 4.79 Å². The number of benzene rings is 1. The molecule has 0 aliphatic heterocycles. The lowest BCUT2D eigenvalue weighted by Crippen LogP contribution is -2.34. The van der Waals surface area contributed by atoms with E-state index >= 15 is 0 Å². The van der Waals surface area contributed by atoms with E-state index in [0.29, 0.717) is 0 Å². The van der Waals surface area contributed by atoms with Crippen LogP contribution in [-0.4, -0.2) is 11.1 Å². The van der Waals surface area contributed by atoms with E-state index in [9.17, 15) is 9.90 Å². The van der Waals surface area contributed by atoms with Crippen molar-refractivity contribution < 1.29 is 9.90 Å². The van der Waals surface area contributed by atoms with Crippen molar-refractivity contribution in [1.29, 1.82) is 0 Å². The molecular weight excluding hydrogens is 212 g/mol. The standard InChI is InChI=1S/C15H14O2/c1-3-9-15(14(16)17)10-8-12-6-4-5-7-13(12)11(15)2/h4-8,10-11H,1-2H3,(H,16,17). The summed E-state index contributed by atoms with van der Waals surface area (Å²) in [6, 6.07) is 7.85. The van der Waals surface area contributed by atoms with Crippen LogP contribution in [0.3, 0.4) is 0 Å². The summed E-state index contributed by atoms with van der Waals surface area (Å²) >= 11 is 0. The van der Waals surface area contributed by atoms with E-state index in [-0.39, 0.29) is 5.92 Å². The summed E-state index contributed by atoms with van der Waals surface area (Å²) in [5.74, 6) is 4.56. The Bertz CT molecular complexity index is 546. The van der Waals surface area contributed by atoms with E-state index in [1.807, 2.05) is 37.3 Å². The third kappa shape index (κ3) is 1.64. The number of rotatable bonds is 1. The molecule has 0 saturated carbocycles. The summed E-state index contributed by atoms with van der Waals surface area (Å²) in [6.45, 7) is 3.59. The molecule has 0 aromatic heterocycles. The molecule has 0 heterocycles. The number of aliphatic carboxylic acids is 1. The average molecular weight is 226 g/mol. The maximum Gasteiger partial charge on any atom is 0.326 e. The quantitative estimate of drug-likeness (QED) is 0.747. The molecule has 0 saturated heterocycles. The van der Waals surface area contributed by atoms with Crippen molar-refractivity contribution in [2.45, 2.75) is 19.8 Å². The highest BCUT2D eigenvalue weighted by atomic mass is 16.4. The molecular formula is C15H14O2. The first-order valence-electron chi connectivity index (χ1n) is 5.57. The van der Waals surface area contributed by atoms with Crippen molar-refractivity contribution in [3.8, 4) is 11.8 Å². The van der Waals surface area contributed by atoms with Gasteiger partial charge in [-0.1, -0.05) is 49.3 Å². The Morgan fingerprint density at radius 3 is 2.76 bits per heavy atom. The fraction of sp³-hybridized carbons (Fsp3) is 0.267. The maximum absolute atomic E-state index is 11.5. The lowest BCUT2D eigenvalue weighted by molar-refractivity contribution is -0.144. The highest BCUT2D eigenvalue weighted by molar-refractivity contribution is 5.86. The van der Waals surface area contributed by atoms with Crippen LogP contribution in [0.5, 0.6) is 0 Å². The maximum atomic E-state index is 11.5. The number of fused-ring (bicyclic) bond motifs is 1. The first-order chi connectivity index (χ1) is 8.12. The van der Waals surface area contributed by atoms with Crippen LogP contribution in [0, 0.1) is 17.3 Å². The molecule has 2 heteroatoms. The minimum absolute atomic E-state index is 0.145. The van der Waals surface area contributed by atoms with E-state index in [4.69, 9.17) is 0 Å². The molecule has 86 valence electrons. The van der Waals surface area contributed by atoms with Crippen LogP contribution in [-0.2, 0) is 4.79 Å². The topological polar surface area (TPSA) is 37.3 Å². The smallest absolute Gasteiger partial charge is 0.326 e. The molecule has 1 aromatic carbocycles. The molecule has 0 radical (unpaired) electrons. The van der Waals surface area contributed by atoms with E-state index in [1.54, 1.807) is 13.0 Å². The second kappa shape index (κ2) is 4.10. The normalized spacial score (nSPS) is 25.6. The van der Waals surface area contributed by atoms with E-state index in [0.717, 1.165) is 11.1 Å². The third-order valence-electron chi connectivity index (χ3n) is 3.36. The van der Waals surface area contributed by atoms with E-state index in [2.05, 4.69) is 11.8 Å². The van der Waals surface area contributed by atoms with Crippen LogP contribution in [0.25, 0.3) is 6.08 Å². The van der Waals surface area contributed by atoms with Crippen LogP contribution in [0.1, 0.15) is 30.9 Å². The monoisotopic (exact) mass is 226 g/mol. The molecule has 2 atom stereocenters. The van der Waals surface area contributed by atoms with Crippen LogP contribution in [0.15, 0.2) is 30.3 Å². The number of carbonyl (C=O) groups is 1. The van der Waals surface area contributed by atoms with Gasteiger partial charge in [-0.2, -0.15) is 0 Å². The fourth-order valence-electron chi connectivity index (χ4n) is 2.33. The highest BCUT2D eigenvalue weighted by Gasteiger charge is 2.43. The van der Waals surface area contributed by atoms with E-state index < -0.39 is 11.4 Å². The van der Waals surface area contributed by atoms with Gasteiger partial charge in [0, 0.05) is 5.92 Å². The van der Waals surface area contributed by atoms with E-state index in [1.165, 1.54) is 0 Å². The van der Waals surface area contributed by atoms with Gasteiger partial charge in [0.1, 0.15) is 0 Å². The van der Waals surface area contributed by atoms with Gasteiger partial charge in [-0.05, 0) is 18.1 Å². The fourth-order valence-corrected chi connectivity index (χ4v) is 2.33. The van der Waals surface area contributed by atoms with Crippen LogP contribution in [0.4, 0.5) is 0 Å². The van der Waals surface area contributed by atoms with Crippen LogP contribution < -0.4 is 0 Å². The molecule has 0 fully saturated rings. The lowest BCUT2D eigenvalue weighted by atomic mass is 9.69. The van der Waals surface area contributed by atoms with Gasteiger partial charge in [0.2, 0.25) is 0 Å². The molecule has 1 aromatic rings. The molecule has 0 spiro atoms. The number of carboxylic acid groups (broad SMARTS) is 1. The van der Waals surface area contributed by atoms with Gasteiger partial charge >= 0.3 is 5.97 Å². The first kappa shape index (κ1) is 11.5. The Balaban J connectivity index is 2.62. The Hall–Kier alpha value is -2.01. The Morgan fingerprint density at radius 2 is 2.12 bits per heavy atom. The number of carboxylic acids is 1. The minimum Gasteiger partial charge on any atom is -0.480 e. The molecule has 17 heavy (non-hydrogen) atoms. The van der Waals surface area contributed by atoms with Crippen LogP contribution in [0.2, 0.25) is 0 Å². The van der Waals surface area contributed by atoms with Crippen molar-refractivity contribution in [3.05, 3.63) is 41.5 Å². The first-order valence-corrected chi connectivity index (χ1v) is 5.57. The molecule has 2 rings (SSSR count). The second-order valence-electron chi connectivity index (χ2n) is 4.23. The van der Waals surface area contributed by atoms with Gasteiger partial charge in [0.25, 0.3) is 0 Å². The van der Waals surface area contributed by atoms with Crippen LogP contribution >= 0.6 is 0 Å². The average Bonchev–Trinajstić information content (AvgIpc) is 2.33. The van der Waals surface area contributed by atoms with Gasteiger partial charge in [0.05, 0.1) is 0 Å². The highest BCUT2D eigenvalue weighted by Crippen LogP contribution is 2.42. The Kier molecular flexibility index (Phi) is 2.77. The summed E-state index contributed by atoms with van der Waals surface area (Å²) < 4.78 is 0. The van der Waals surface area contributed by atoms with Gasteiger partial charge < -0.3 is 5.11 Å². The van der Waals surface area contributed by atoms with Crippen molar-refractivity contribution in [2.24, 2.45) is 5.41 Å². The summed E-state index contributed by atoms with van der Waals surface area (Å²) in [5.41, 5.74) is 1.03. The zero-order chi connectivity index (χ0) is 12.5. The van der Waals surface area contributed by atoms with Gasteiger partial charge in [-0.25, -0.2) is 0 Å². The summed E-state index contributed by atoms with van der Waals surface area (Å²) in [6.07, 6.45) is 3.56. The van der Waals surface area contributed by atoms with Crippen molar-refractivity contribution in [3.63, 3.8) is 0 Å². The van der Waals surface area contributed by atoms with Crippen molar-refractivity contribution in [2.75, 3.05) is 0 Å². The second-order valence-corrected chi connectivity index (χ2v) is 4.23. The minimum atomic E-state index is -1.09. The van der Waals surface area contributed by atoms with Crippen molar-refractivity contribution >= 4 is 12.0 Å². The molecule has 1 aliphatic rings.